The van der Waals surface area contributed by atoms with E-state index in [0.29, 0.717) is 5.92 Å². The number of anilines is 1. The summed E-state index contributed by atoms with van der Waals surface area (Å²) in [6.07, 6.45) is 1.11. The van der Waals surface area contributed by atoms with E-state index in [9.17, 15) is 0 Å². The van der Waals surface area contributed by atoms with Gasteiger partial charge in [0.2, 0.25) is 0 Å². The van der Waals surface area contributed by atoms with E-state index in [-0.39, 0.29) is 0 Å². The van der Waals surface area contributed by atoms with Crippen LogP contribution in [0.2, 0.25) is 0 Å². The van der Waals surface area contributed by atoms with Crippen molar-refractivity contribution in [1.29, 1.82) is 0 Å². The fourth-order valence-electron chi connectivity index (χ4n) is 2.68. The van der Waals surface area contributed by atoms with Gasteiger partial charge in [-0.05, 0) is 30.2 Å². The summed E-state index contributed by atoms with van der Waals surface area (Å²) in [4.78, 5) is 13.0. The van der Waals surface area contributed by atoms with Crippen LogP contribution in [0, 0.1) is 12.8 Å². The van der Waals surface area contributed by atoms with Crippen LogP contribution in [-0.4, -0.2) is 34.6 Å². The summed E-state index contributed by atoms with van der Waals surface area (Å²) in [6.45, 7) is 8.76. The maximum Gasteiger partial charge on any atom is 0.141 e. The van der Waals surface area contributed by atoms with Gasteiger partial charge >= 0.3 is 0 Å². The summed E-state index contributed by atoms with van der Waals surface area (Å²) in [7, 11) is 0. The second kappa shape index (κ2) is 5.90. The fourth-order valence-corrected chi connectivity index (χ4v) is 4.57. The lowest BCUT2D eigenvalue weighted by Crippen LogP contribution is -2.33. The van der Waals surface area contributed by atoms with Crippen molar-refractivity contribution in [3.8, 4) is 0 Å². The molecule has 0 amide bonds. The lowest BCUT2D eigenvalue weighted by molar-refractivity contribution is 0.651. The Morgan fingerprint density at radius 2 is 2.00 bits per heavy atom. The zero-order chi connectivity index (χ0) is 14.1. The topological polar surface area (TPSA) is 29.0 Å². The van der Waals surface area contributed by atoms with Crippen LogP contribution < -0.4 is 4.90 Å². The third kappa shape index (κ3) is 2.79. The van der Waals surface area contributed by atoms with Crippen LogP contribution in [0.5, 0.6) is 0 Å². The number of aryl methyl sites for hydroxylation is 1. The van der Waals surface area contributed by atoms with Crippen LogP contribution >= 0.6 is 23.1 Å². The van der Waals surface area contributed by atoms with Gasteiger partial charge < -0.3 is 4.90 Å². The van der Waals surface area contributed by atoms with Gasteiger partial charge in [-0.3, -0.25) is 0 Å². The average molecular weight is 307 g/mol. The van der Waals surface area contributed by atoms with Gasteiger partial charge in [0.05, 0.1) is 5.39 Å². The Hall–Kier alpha value is -0.810. The molecule has 3 nitrogen and oxygen atoms in total. The molecule has 2 aromatic heterocycles. The number of hydrogen-bond donors (Lipinski definition) is 0. The van der Waals surface area contributed by atoms with Crippen molar-refractivity contribution < 1.29 is 0 Å². The Balaban J connectivity index is 2.09. The normalized spacial score (nSPS) is 16.3. The van der Waals surface area contributed by atoms with E-state index in [0.717, 1.165) is 30.2 Å². The molecule has 1 aliphatic heterocycles. The molecule has 5 heteroatoms. The molecule has 0 atom stereocenters. The van der Waals surface area contributed by atoms with Gasteiger partial charge in [-0.2, -0.15) is 11.8 Å². The van der Waals surface area contributed by atoms with E-state index in [2.05, 4.69) is 29.1 Å². The molecule has 0 saturated carbocycles. The summed E-state index contributed by atoms with van der Waals surface area (Å²) < 4.78 is 0. The van der Waals surface area contributed by atoms with Crippen molar-refractivity contribution in [2.24, 2.45) is 5.92 Å². The summed E-state index contributed by atoms with van der Waals surface area (Å²) in [5.41, 5.74) is 1.42. The predicted molar refractivity (Wildman–Crippen MR) is 90.2 cm³/mol. The monoisotopic (exact) mass is 307 g/mol. The Labute approximate surface area is 128 Å². The molecular formula is C15H21N3S2. The van der Waals surface area contributed by atoms with E-state index in [1.807, 2.05) is 18.7 Å². The molecule has 20 heavy (non-hydrogen) atoms. The summed E-state index contributed by atoms with van der Waals surface area (Å²) in [5, 5.41) is 3.59. The molecule has 0 radical (unpaired) electrons. The molecule has 108 valence electrons. The van der Waals surface area contributed by atoms with Crippen LogP contribution in [0.15, 0.2) is 5.38 Å². The molecule has 3 rings (SSSR count). The number of aromatic nitrogens is 2. The lowest BCUT2D eigenvalue weighted by Gasteiger charge is -2.28. The summed E-state index contributed by atoms with van der Waals surface area (Å²) >= 11 is 3.80. The Kier molecular flexibility index (Phi) is 4.17. The number of thiophene rings is 1. The highest BCUT2D eigenvalue weighted by Crippen LogP contribution is 2.34. The molecule has 1 aliphatic rings. The van der Waals surface area contributed by atoms with Crippen molar-refractivity contribution in [3.63, 3.8) is 0 Å². The van der Waals surface area contributed by atoms with Crippen LogP contribution in [0.25, 0.3) is 10.2 Å². The molecule has 1 fully saturated rings. The Bertz CT molecular complexity index is 600. The molecule has 0 N–H and O–H groups in total. The zero-order valence-electron chi connectivity index (χ0n) is 12.3. The van der Waals surface area contributed by atoms with Gasteiger partial charge in [0.15, 0.2) is 0 Å². The average Bonchev–Trinajstić information content (AvgIpc) is 2.81. The first-order valence-electron chi connectivity index (χ1n) is 7.22. The number of nitrogens with zero attached hydrogens (tertiary/aromatic N) is 3. The smallest absolute Gasteiger partial charge is 0.141 e. The number of thioether (sulfide) groups is 1. The van der Waals surface area contributed by atoms with E-state index in [4.69, 9.17) is 4.98 Å². The van der Waals surface area contributed by atoms with Crippen molar-refractivity contribution in [1.82, 2.24) is 9.97 Å². The Morgan fingerprint density at radius 1 is 1.25 bits per heavy atom. The van der Waals surface area contributed by atoms with Crippen molar-refractivity contribution in [2.45, 2.75) is 27.2 Å². The second-order valence-electron chi connectivity index (χ2n) is 5.73. The highest BCUT2D eigenvalue weighted by atomic mass is 32.2. The second-order valence-corrected chi connectivity index (χ2v) is 7.82. The third-order valence-corrected chi connectivity index (χ3v) is 5.40. The predicted octanol–water partition coefficient (Wildman–Crippen LogP) is 3.75. The van der Waals surface area contributed by atoms with Crippen molar-refractivity contribution >= 4 is 39.1 Å². The zero-order valence-corrected chi connectivity index (χ0v) is 14.0. The summed E-state index contributed by atoms with van der Waals surface area (Å²) in [6, 6.07) is 0. The quantitative estimate of drug-likeness (QED) is 0.863. The van der Waals surface area contributed by atoms with E-state index in [1.165, 1.54) is 28.3 Å². The molecule has 0 bridgehead atoms. The molecule has 1 saturated heterocycles. The van der Waals surface area contributed by atoms with Gasteiger partial charge in [0.1, 0.15) is 16.5 Å². The molecular weight excluding hydrogens is 286 g/mol. The SMILES string of the molecule is Cc1nc(N2CCSCC2)c2c(CC(C)C)csc2n1. The maximum absolute atomic E-state index is 4.78. The van der Waals surface area contributed by atoms with Gasteiger partial charge in [-0.25, -0.2) is 9.97 Å². The van der Waals surface area contributed by atoms with Gasteiger partial charge in [-0.15, -0.1) is 11.3 Å². The molecule has 2 aromatic rings. The standard InChI is InChI=1S/C15H21N3S2/c1-10(2)8-12-9-20-15-13(12)14(16-11(3)17-15)18-4-6-19-7-5-18/h9-10H,4-8H2,1-3H3. The fraction of sp³-hybridized carbons (Fsp3) is 0.600. The van der Waals surface area contributed by atoms with Crippen molar-refractivity contribution in [3.05, 3.63) is 16.8 Å². The van der Waals surface area contributed by atoms with Crippen LogP contribution in [-0.2, 0) is 6.42 Å². The number of rotatable bonds is 3. The molecule has 0 aliphatic carbocycles. The number of hydrogen-bond acceptors (Lipinski definition) is 5. The highest BCUT2D eigenvalue weighted by molar-refractivity contribution is 7.99. The third-order valence-electron chi connectivity index (χ3n) is 3.54. The minimum Gasteiger partial charge on any atom is -0.354 e. The molecule has 0 unspecified atom stereocenters. The Morgan fingerprint density at radius 3 is 2.70 bits per heavy atom. The van der Waals surface area contributed by atoms with Crippen molar-refractivity contribution in [2.75, 3.05) is 29.5 Å². The first-order valence-corrected chi connectivity index (χ1v) is 9.26. The molecule has 3 heterocycles. The van der Waals surface area contributed by atoms with Gasteiger partial charge in [-0.1, -0.05) is 13.8 Å². The van der Waals surface area contributed by atoms with Gasteiger partial charge in [0, 0.05) is 24.6 Å². The first kappa shape index (κ1) is 14.1. The lowest BCUT2D eigenvalue weighted by atomic mass is 10.0. The van der Waals surface area contributed by atoms with E-state index < -0.39 is 0 Å². The first-order chi connectivity index (χ1) is 9.65. The highest BCUT2D eigenvalue weighted by Gasteiger charge is 2.20. The maximum atomic E-state index is 4.78. The number of fused-ring (bicyclic) bond motifs is 1. The molecule has 0 spiro atoms. The molecule has 0 aromatic carbocycles. The van der Waals surface area contributed by atoms with Crippen LogP contribution in [0.3, 0.4) is 0 Å². The van der Waals surface area contributed by atoms with E-state index in [1.54, 1.807) is 11.3 Å². The van der Waals surface area contributed by atoms with Crippen LogP contribution in [0.1, 0.15) is 25.2 Å². The van der Waals surface area contributed by atoms with E-state index >= 15 is 0 Å². The minimum absolute atomic E-state index is 0.666. The summed E-state index contributed by atoms with van der Waals surface area (Å²) in [5.74, 6) is 5.13. The van der Waals surface area contributed by atoms with Crippen LogP contribution in [0.4, 0.5) is 5.82 Å². The minimum atomic E-state index is 0.666. The van der Waals surface area contributed by atoms with Gasteiger partial charge in [0.25, 0.3) is 0 Å². The largest absolute Gasteiger partial charge is 0.354 e.